The van der Waals surface area contributed by atoms with Crippen molar-refractivity contribution in [2.45, 2.75) is 0 Å². The number of alkyl halides is 1. The summed E-state index contributed by atoms with van der Waals surface area (Å²) in [7, 11) is 1.18. The molecule has 11 heteroatoms. The Morgan fingerprint density at radius 2 is 2.00 bits per heavy atom. The number of non-ortho nitro benzene ring substituents is 1. The van der Waals surface area contributed by atoms with E-state index in [0.29, 0.717) is 4.90 Å². The van der Waals surface area contributed by atoms with Crippen LogP contribution in [0.2, 0.25) is 0 Å². The number of allylic oxidation sites excluding steroid dienone is 1. The Morgan fingerprint density at radius 3 is 2.52 bits per heavy atom. The molecule has 2 rings (SSSR count). The molecule has 10 nitrogen and oxygen atoms in total. The molecule has 132 valence electrons. The molecular formula is C14H12BrN3O7. The van der Waals surface area contributed by atoms with Gasteiger partial charge in [0.2, 0.25) is 0 Å². The highest BCUT2D eigenvalue weighted by Crippen LogP contribution is 2.20. The lowest BCUT2D eigenvalue weighted by Crippen LogP contribution is -2.51. The minimum absolute atomic E-state index is 0.0123. The van der Waals surface area contributed by atoms with Crippen molar-refractivity contribution in [1.29, 1.82) is 0 Å². The van der Waals surface area contributed by atoms with Gasteiger partial charge in [0.05, 0.1) is 24.2 Å². The quantitative estimate of drug-likeness (QED) is 0.345. The number of nitrogens with one attached hydrogen (secondary N) is 1. The smallest absolute Gasteiger partial charge is 0.423 e. The highest BCUT2D eigenvalue weighted by atomic mass is 79.9. The number of esters is 1. The number of benzene rings is 1. The van der Waals surface area contributed by atoms with Crippen LogP contribution in [0.25, 0.3) is 0 Å². The molecule has 0 bridgehead atoms. The van der Waals surface area contributed by atoms with Gasteiger partial charge in [-0.3, -0.25) is 10.1 Å². The Hall–Kier alpha value is -2.95. The first-order chi connectivity index (χ1) is 11.9. The highest BCUT2D eigenvalue weighted by Gasteiger charge is 2.33. The first-order valence-corrected chi connectivity index (χ1v) is 7.90. The van der Waals surface area contributed by atoms with Gasteiger partial charge in [-0.25, -0.2) is 19.3 Å². The zero-order valence-electron chi connectivity index (χ0n) is 12.9. The third-order valence-corrected chi connectivity index (χ3v) is 3.78. The number of amides is 3. The predicted molar refractivity (Wildman–Crippen MR) is 87.2 cm³/mol. The van der Waals surface area contributed by atoms with Crippen LogP contribution in [0.4, 0.5) is 15.3 Å². The largest absolute Gasteiger partial charge is 0.466 e. The normalized spacial score (nSPS) is 14.0. The number of methoxy groups -OCH3 is 1. The number of rotatable bonds is 4. The van der Waals surface area contributed by atoms with E-state index in [9.17, 15) is 24.5 Å². The van der Waals surface area contributed by atoms with Crippen molar-refractivity contribution in [2.75, 3.05) is 19.0 Å². The molecule has 1 aromatic carbocycles. The van der Waals surface area contributed by atoms with Crippen LogP contribution < -0.4 is 10.1 Å². The molecule has 0 aliphatic carbocycles. The number of hydrogen-bond acceptors (Lipinski definition) is 7. The number of halogens is 1. The molecule has 1 aliphatic heterocycles. The van der Waals surface area contributed by atoms with Crippen molar-refractivity contribution in [3.05, 3.63) is 45.6 Å². The Morgan fingerprint density at radius 1 is 1.36 bits per heavy atom. The van der Waals surface area contributed by atoms with E-state index in [4.69, 9.17) is 4.74 Å². The van der Waals surface area contributed by atoms with Crippen molar-refractivity contribution >= 4 is 39.7 Å². The number of carbonyl (C=O) groups excluding carboxylic acids is 3. The zero-order chi connectivity index (χ0) is 18.6. The lowest BCUT2D eigenvalue weighted by atomic mass is 10.1. The summed E-state index contributed by atoms with van der Waals surface area (Å²) >= 11 is 3.14. The number of urea groups is 1. The first kappa shape index (κ1) is 18.4. The second-order valence-corrected chi connectivity index (χ2v) is 5.28. The SMILES string of the molecule is COC(=O)C1=C(CBr)NC(=O)N(C(=O)Oc2ccc([N+](=O)[O-])cc2)C1. The van der Waals surface area contributed by atoms with Crippen molar-refractivity contribution in [2.24, 2.45) is 0 Å². The summed E-state index contributed by atoms with van der Waals surface area (Å²) in [4.78, 5) is 46.6. The molecule has 1 aliphatic rings. The summed E-state index contributed by atoms with van der Waals surface area (Å²) in [6.45, 7) is -0.328. The maximum Gasteiger partial charge on any atom is 0.423 e. The van der Waals surface area contributed by atoms with Gasteiger partial charge in [0, 0.05) is 23.2 Å². The molecule has 1 N–H and O–H groups in total. The van der Waals surface area contributed by atoms with Gasteiger partial charge in [-0.1, -0.05) is 15.9 Å². The average molecular weight is 414 g/mol. The van der Waals surface area contributed by atoms with Crippen LogP contribution in [0, 0.1) is 10.1 Å². The lowest BCUT2D eigenvalue weighted by molar-refractivity contribution is -0.384. The highest BCUT2D eigenvalue weighted by molar-refractivity contribution is 9.09. The molecule has 0 radical (unpaired) electrons. The zero-order valence-corrected chi connectivity index (χ0v) is 14.4. The van der Waals surface area contributed by atoms with Gasteiger partial charge >= 0.3 is 18.1 Å². The fourth-order valence-corrected chi connectivity index (χ4v) is 2.44. The average Bonchev–Trinajstić information content (AvgIpc) is 2.60. The number of carbonyl (C=O) groups is 3. The molecule has 0 saturated carbocycles. The van der Waals surface area contributed by atoms with Crippen LogP contribution in [0.1, 0.15) is 0 Å². The van der Waals surface area contributed by atoms with Gasteiger partial charge in [0.15, 0.2) is 0 Å². The molecule has 0 spiro atoms. The fourth-order valence-electron chi connectivity index (χ4n) is 1.96. The maximum absolute atomic E-state index is 12.2. The van der Waals surface area contributed by atoms with Crippen LogP contribution in [-0.2, 0) is 9.53 Å². The monoisotopic (exact) mass is 413 g/mol. The maximum atomic E-state index is 12.2. The first-order valence-electron chi connectivity index (χ1n) is 6.78. The third-order valence-electron chi connectivity index (χ3n) is 3.22. The molecule has 0 atom stereocenters. The van der Waals surface area contributed by atoms with Gasteiger partial charge in [-0.05, 0) is 12.1 Å². The van der Waals surface area contributed by atoms with Gasteiger partial charge in [-0.15, -0.1) is 0 Å². The number of ether oxygens (including phenoxy) is 2. The number of hydrogen-bond donors (Lipinski definition) is 1. The van der Waals surface area contributed by atoms with E-state index in [0.717, 1.165) is 12.1 Å². The molecule has 0 aromatic heterocycles. The van der Waals surface area contributed by atoms with E-state index in [-0.39, 0.29) is 34.6 Å². The Labute approximate surface area is 149 Å². The summed E-state index contributed by atoms with van der Waals surface area (Å²) in [5, 5.41) is 13.2. The van der Waals surface area contributed by atoms with Crippen molar-refractivity contribution in [3.63, 3.8) is 0 Å². The molecule has 0 unspecified atom stereocenters. The third kappa shape index (κ3) is 4.12. The van der Waals surface area contributed by atoms with E-state index < -0.39 is 23.0 Å². The summed E-state index contributed by atoms with van der Waals surface area (Å²) < 4.78 is 9.63. The van der Waals surface area contributed by atoms with Gasteiger partial charge in [-0.2, -0.15) is 0 Å². The molecule has 3 amide bonds. The fraction of sp³-hybridized carbons (Fsp3) is 0.214. The van der Waals surface area contributed by atoms with E-state index in [1.165, 1.54) is 19.2 Å². The van der Waals surface area contributed by atoms with Crippen LogP contribution in [-0.4, -0.2) is 46.9 Å². The molecule has 0 saturated heterocycles. The van der Waals surface area contributed by atoms with Crippen LogP contribution in [0.5, 0.6) is 5.75 Å². The van der Waals surface area contributed by atoms with Crippen molar-refractivity contribution < 1.29 is 28.8 Å². The van der Waals surface area contributed by atoms with E-state index in [2.05, 4.69) is 26.0 Å². The summed E-state index contributed by atoms with van der Waals surface area (Å²) in [6, 6.07) is 3.98. The number of imide groups is 1. The van der Waals surface area contributed by atoms with E-state index in [1.807, 2.05) is 0 Å². The van der Waals surface area contributed by atoms with Crippen molar-refractivity contribution in [1.82, 2.24) is 10.2 Å². The number of nitro benzene ring substituents is 1. The number of nitrogens with zero attached hydrogens (tertiary/aromatic N) is 2. The van der Waals surface area contributed by atoms with Crippen LogP contribution in [0.3, 0.4) is 0 Å². The molecule has 1 heterocycles. The minimum Gasteiger partial charge on any atom is -0.466 e. The van der Waals surface area contributed by atoms with Gasteiger partial charge in [0.1, 0.15) is 5.75 Å². The molecule has 1 aromatic rings. The second-order valence-electron chi connectivity index (χ2n) is 4.72. The predicted octanol–water partition coefficient (Wildman–Crippen LogP) is 1.94. The van der Waals surface area contributed by atoms with Gasteiger partial charge in [0.25, 0.3) is 5.69 Å². The lowest BCUT2D eigenvalue weighted by Gasteiger charge is -2.27. The standard InChI is InChI=1S/C14H12BrN3O7/c1-24-12(19)10-7-17(13(20)16-11(10)6-15)14(21)25-9-4-2-8(3-5-9)18(22)23/h2-5H,6-7H2,1H3,(H,16,20). The molecular weight excluding hydrogens is 402 g/mol. The van der Waals surface area contributed by atoms with Crippen LogP contribution >= 0.6 is 15.9 Å². The van der Waals surface area contributed by atoms with Crippen molar-refractivity contribution in [3.8, 4) is 5.75 Å². The number of nitro groups is 1. The Bertz CT molecular complexity index is 760. The molecule has 0 fully saturated rings. The topological polar surface area (TPSA) is 128 Å². The van der Waals surface area contributed by atoms with Crippen LogP contribution in [0.15, 0.2) is 35.5 Å². The Kier molecular flexibility index (Phi) is 5.70. The second kappa shape index (κ2) is 7.75. The molecule has 25 heavy (non-hydrogen) atoms. The minimum atomic E-state index is -1.04. The summed E-state index contributed by atoms with van der Waals surface area (Å²) in [5.41, 5.74) is 0.212. The summed E-state index contributed by atoms with van der Waals surface area (Å²) in [5.74, 6) is -0.680. The van der Waals surface area contributed by atoms with Gasteiger partial charge < -0.3 is 14.8 Å². The Balaban J connectivity index is 2.16. The van der Waals surface area contributed by atoms with E-state index >= 15 is 0 Å². The summed E-state index contributed by atoms with van der Waals surface area (Å²) in [6.07, 6.45) is -1.04. The van der Waals surface area contributed by atoms with E-state index in [1.54, 1.807) is 0 Å².